The van der Waals surface area contributed by atoms with Crippen molar-refractivity contribution in [1.29, 1.82) is 0 Å². The number of likely N-dealkylation sites (N-methyl/N-ethyl adjacent to an activating group) is 1. The van der Waals surface area contributed by atoms with Gasteiger partial charge in [-0.25, -0.2) is 0 Å². The van der Waals surface area contributed by atoms with Gasteiger partial charge in [0.25, 0.3) is 0 Å². The summed E-state index contributed by atoms with van der Waals surface area (Å²) >= 11 is 0. The lowest BCUT2D eigenvalue weighted by Crippen LogP contribution is -2.52. The Balaban J connectivity index is 2.11. The van der Waals surface area contributed by atoms with Gasteiger partial charge in [-0.1, -0.05) is 6.42 Å². The lowest BCUT2D eigenvalue weighted by atomic mass is 9.99. The monoisotopic (exact) mass is 240 g/mol. The van der Waals surface area contributed by atoms with Gasteiger partial charge in [-0.15, -0.1) is 0 Å². The van der Waals surface area contributed by atoms with E-state index in [2.05, 4.69) is 0 Å². The normalized spacial score (nSPS) is 30.7. The molecule has 0 bridgehead atoms. The number of ether oxygens (including phenoxy) is 1. The maximum Gasteiger partial charge on any atom is 0.323 e. The number of methoxy groups -OCH3 is 1. The number of esters is 1. The van der Waals surface area contributed by atoms with Gasteiger partial charge in [0.05, 0.1) is 13.2 Å². The number of amides is 1. The van der Waals surface area contributed by atoms with Gasteiger partial charge in [-0.05, 0) is 25.8 Å². The highest BCUT2D eigenvalue weighted by Crippen LogP contribution is 2.25. The number of likely N-dealkylation sites (tertiary alicyclic amines) is 2. The predicted octanol–water partition coefficient (Wildman–Crippen LogP) is 0.245. The fourth-order valence-corrected chi connectivity index (χ4v) is 2.83. The molecule has 0 N–H and O–H groups in total. The molecule has 0 aromatic rings. The average molecular weight is 240 g/mol. The summed E-state index contributed by atoms with van der Waals surface area (Å²) in [6, 6.07) is -0.349. The summed E-state index contributed by atoms with van der Waals surface area (Å²) in [6.45, 7) is 1.61. The second-order valence-electron chi connectivity index (χ2n) is 4.84. The molecule has 1 amide bonds. The second-order valence-corrected chi connectivity index (χ2v) is 4.84. The fourth-order valence-electron chi connectivity index (χ4n) is 2.83. The number of carbonyl (C=O) groups is 2. The van der Waals surface area contributed by atoms with E-state index in [1.54, 1.807) is 4.90 Å². The van der Waals surface area contributed by atoms with E-state index in [9.17, 15) is 9.59 Å². The summed E-state index contributed by atoms with van der Waals surface area (Å²) in [5.41, 5.74) is 0. The van der Waals surface area contributed by atoms with Crippen molar-refractivity contribution in [2.45, 2.75) is 37.8 Å². The lowest BCUT2D eigenvalue weighted by Gasteiger charge is -2.36. The SMILES string of the molecule is COC(=O)[C@H]1CCCCN1C1CCN(C)C1=O. The van der Waals surface area contributed by atoms with Gasteiger partial charge in [-0.2, -0.15) is 0 Å². The first-order chi connectivity index (χ1) is 8.15. The Kier molecular flexibility index (Phi) is 3.66. The van der Waals surface area contributed by atoms with Gasteiger partial charge in [-0.3, -0.25) is 14.5 Å². The minimum absolute atomic E-state index is 0.121. The molecular formula is C12H20N2O3. The highest BCUT2D eigenvalue weighted by atomic mass is 16.5. The lowest BCUT2D eigenvalue weighted by molar-refractivity contribution is -0.150. The molecule has 2 atom stereocenters. The summed E-state index contributed by atoms with van der Waals surface area (Å²) < 4.78 is 4.84. The molecule has 2 aliphatic rings. The molecule has 2 heterocycles. The van der Waals surface area contributed by atoms with Crippen LogP contribution in [0.2, 0.25) is 0 Å². The first-order valence-electron chi connectivity index (χ1n) is 6.23. The largest absolute Gasteiger partial charge is 0.468 e. The minimum Gasteiger partial charge on any atom is -0.468 e. The molecule has 0 aromatic carbocycles. The molecule has 2 aliphatic heterocycles. The van der Waals surface area contributed by atoms with Crippen LogP contribution in [-0.2, 0) is 14.3 Å². The molecule has 0 aromatic heterocycles. The molecular weight excluding hydrogens is 220 g/mol. The Morgan fingerprint density at radius 3 is 2.65 bits per heavy atom. The Bertz CT molecular complexity index is 315. The third kappa shape index (κ3) is 2.29. The van der Waals surface area contributed by atoms with Crippen LogP contribution in [0.3, 0.4) is 0 Å². The van der Waals surface area contributed by atoms with Crippen LogP contribution in [0.25, 0.3) is 0 Å². The quantitative estimate of drug-likeness (QED) is 0.649. The number of hydrogen-bond donors (Lipinski definition) is 0. The zero-order valence-electron chi connectivity index (χ0n) is 10.5. The summed E-state index contributed by atoms with van der Waals surface area (Å²) in [7, 11) is 3.23. The van der Waals surface area contributed by atoms with Crippen molar-refractivity contribution in [3.05, 3.63) is 0 Å². The van der Waals surface area contributed by atoms with E-state index in [1.807, 2.05) is 11.9 Å². The highest BCUT2D eigenvalue weighted by molar-refractivity contribution is 5.85. The molecule has 2 rings (SSSR count). The van der Waals surface area contributed by atoms with E-state index in [0.717, 1.165) is 38.8 Å². The van der Waals surface area contributed by atoms with Crippen LogP contribution in [0.4, 0.5) is 0 Å². The Labute approximate surface area is 102 Å². The number of rotatable bonds is 2. The number of piperidine rings is 1. The standard InChI is InChI=1S/C12H20N2O3/c1-13-8-6-9(11(13)15)14-7-4-3-5-10(14)12(16)17-2/h9-10H,3-8H2,1-2H3/t9?,10-/m1/s1. The third-order valence-corrected chi connectivity index (χ3v) is 3.82. The molecule has 0 radical (unpaired) electrons. The van der Waals surface area contributed by atoms with Crippen LogP contribution in [-0.4, -0.2) is 61.0 Å². The van der Waals surface area contributed by atoms with Crippen molar-refractivity contribution in [3.63, 3.8) is 0 Å². The molecule has 17 heavy (non-hydrogen) atoms. The van der Waals surface area contributed by atoms with Crippen LogP contribution in [0, 0.1) is 0 Å². The third-order valence-electron chi connectivity index (χ3n) is 3.82. The van der Waals surface area contributed by atoms with Gasteiger partial charge in [0.2, 0.25) is 5.91 Å². The van der Waals surface area contributed by atoms with E-state index in [1.165, 1.54) is 7.11 Å². The molecule has 2 saturated heterocycles. The summed E-state index contributed by atoms with van der Waals surface area (Å²) in [4.78, 5) is 27.5. The highest BCUT2D eigenvalue weighted by Gasteiger charge is 2.41. The number of hydrogen-bond acceptors (Lipinski definition) is 4. The number of nitrogens with zero attached hydrogens (tertiary/aromatic N) is 2. The van der Waals surface area contributed by atoms with Crippen molar-refractivity contribution in [2.75, 3.05) is 27.2 Å². The zero-order chi connectivity index (χ0) is 12.4. The fraction of sp³-hybridized carbons (Fsp3) is 0.833. The average Bonchev–Trinajstić information content (AvgIpc) is 2.69. The van der Waals surface area contributed by atoms with Crippen molar-refractivity contribution >= 4 is 11.9 Å². The van der Waals surface area contributed by atoms with E-state index in [4.69, 9.17) is 4.74 Å². The summed E-state index contributed by atoms with van der Waals surface area (Å²) in [6.07, 6.45) is 3.72. The molecule has 0 spiro atoms. The first-order valence-corrected chi connectivity index (χ1v) is 6.23. The molecule has 2 fully saturated rings. The van der Waals surface area contributed by atoms with Crippen molar-refractivity contribution in [2.24, 2.45) is 0 Å². The molecule has 1 unspecified atom stereocenters. The van der Waals surface area contributed by atoms with Gasteiger partial charge in [0.15, 0.2) is 0 Å². The van der Waals surface area contributed by atoms with Crippen LogP contribution in [0.1, 0.15) is 25.7 Å². The number of carbonyl (C=O) groups excluding carboxylic acids is 2. The van der Waals surface area contributed by atoms with Gasteiger partial charge < -0.3 is 9.64 Å². The van der Waals surface area contributed by atoms with Crippen molar-refractivity contribution in [1.82, 2.24) is 9.80 Å². The van der Waals surface area contributed by atoms with Crippen LogP contribution >= 0.6 is 0 Å². The Morgan fingerprint density at radius 1 is 1.29 bits per heavy atom. The van der Waals surface area contributed by atoms with E-state index < -0.39 is 0 Å². The minimum atomic E-state index is -0.228. The second kappa shape index (κ2) is 5.04. The van der Waals surface area contributed by atoms with Crippen molar-refractivity contribution in [3.8, 4) is 0 Å². The molecule has 0 saturated carbocycles. The zero-order valence-corrected chi connectivity index (χ0v) is 10.5. The van der Waals surface area contributed by atoms with E-state index >= 15 is 0 Å². The van der Waals surface area contributed by atoms with E-state index in [-0.39, 0.29) is 24.0 Å². The van der Waals surface area contributed by atoms with Gasteiger partial charge >= 0.3 is 5.97 Å². The maximum absolute atomic E-state index is 12.0. The van der Waals surface area contributed by atoms with Crippen molar-refractivity contribution < 1.29 is 14.3 Å². The van der Waals surface area contributed by atoms with Crippen LogP contribution in [0.15, 0.2) is 0 Å². The molecule has 96 valence electrons. The molecule has 5 nitrogen and oxygen atoms in total. The van der Waals surface area contributed by atoms with Crippen LogP contribution in [0.5, 0.6) is 0 Å². The predicted molar refractivity (Wildman–Crippen MR) is 62.4 cm³/mol. The van der Waals surface area contributed by atoms with Gasteiger partial charge in [0, 0.05) is 13.6 Å². The summed E-state index contributed by atoms with van der Waals surface area (Å²) in [5, 5.41) is 0. The molecule has 0 aliphatic carbocycles. The molecule has 5 heteroatoms. The Hall–Kier alpha value is -1.10. The summed E-state index contributed by atoms with van der Waals surface area (Å²) in [5.74, 6) is -0.0622. The van der Waals surface area contributed by atoms with Crippen LogP contribution < -0.4 is 0 Å². The topological polar surface area (TPSA) is 49.9 Å². The van der Waals surface area contributed by atoms with E-state index in [0.29, 0.717) is 0 Å². The Morgan fingerprint density at radius 2 is 2.06 bits per heavy atom. The van der Waals surface area contributed by atoms with Gasteiger partial charge in [0.1, 0.15) is 6.04 Å². The smallest absolute Gasteiger partial charge is 0.323 e. The first kappa shape index (κ1) is 12.4. The maximum atomic E-state index is 12.0.